The number of ether oxygens (including phenoxy) is 2. The van der Waals surface area contributed by atoms with Crippen molar-refractivity contribution in [2.75, 3.05) is 19.8 Å². The zero-order chi connectivity index (χ0) is 23.6. The molecule has 0 aliphatic rings. The van der Waals surface area contributed by atoms with Crippen LogP contribution in [-0.2, 0) is 16.0 Å². The maximum absolute atomic E-state index is 12.4. The zero-order valence-electron chi connectivity index (χ0n) is 19.1. The van der Waals surface area contributed by atoms with Crippen LogP contribution in [-0.4, -0.2) is 47.2 Å². The second-order valence-electron chi connectivity index (χ2n) is 8.02. The molecule has 0 saturated carbocycles. The van der Waals surface area contributed by atoms with Crippen molar-refractivity contribution < 1.29 is 23.6 Å². The summed E-state index contributed by atoms with van der Waals surface area (Å²) < 4.78 is 16.4. The fourth-order valence-electron chi connectivity index (χ4n) is 3.13. The molecule has 0 fully saturated rings. The van der Waals surface area contributed by atoms with E-state index in [9.17, 15) is 9.59 Å². The number of aldehydes is 1. The van der Waals surface area contributed by atoms with Gasteiger partial charge in [0, 0.05) is 12.0 Å². The minimum atomic E-state index is -0.501. The number of hydrogen-bond donors (Lipinski definition) is 0. The normalized spacial score (nSPS) is 11.8. The fraction of sp³-hybridized carbons (Fsp3) is 0.360. The Labute approximate surface area is 193 Å². The maximum atomic E-state index is 12.4. The van der Waals surface area contributed by atoms with E-state index in [-0.39, 0.29) is 18.5 Å². The molecule has 0 unspecified atom stereocenters. The highest BCUT2D eigenvalue weighted by Gasteiger charge is 2.23. The molecule has 2 aromatic carbocycles. The highest BCUT2D eigenvalue weighted by atomic mass is 16.6. The number of carbonyl (C=O) groups excluding carboxylic acids is 2. The Kier molecular flexibility index (Phi) is 8.57. The van der Waals surface area contributed by atoms with Crippen molar-refractivity contribution in [3.63, 3.8) is 0 Å². The van der Waals surface area contributed by atoms with Gasteiger partial charge in [-0.05, 0) is 42.7 Å². The maximum Gasteiger partial charge on any atom is 0.410 e. The van der Waals surface area contributed by atoms with E-state index in [0.717, 1.165) is 11.1 Å². The quantitative estimate of drug-likeness (QED) is 0.390. The van der Waals surface area contributed by atoms with Gasteiger partial charge in [0.05, 0.1) is 25.8 Å². The summed E-state index contributed by atoms with van der Waals surface area (Å²) in [6, 6.07) is 16.7. The summed E-state index contributed by atoms with van der Waals surface area (Å²) in [5, 5.41) is 4.00. The third-order valence-electron chi connectivity index (χ3n) is 4.96. The van der Waals surface area contributed by atoms with E-state index < -0.39 is 6.09 Å². The summed E-state index contributed by atoms with van der Waals surface area (Å²) in [6.07, 6.45) is 0.702. The third kappa shape index (κ3) is 6.90. The minimum Gasteiger partial charge on any atom is -0.493 e. The Balaban J connectivity index is 1.53. The number of carbonyl (C=O) groups is 2. The molecule has 0 aliphatic carbocycles. The Morgan fingerprint density at radius 3 is 2.48 bits per heavy atom. The van der Waals surface area contributed by atoms with E-state index >= 15 is 0 Å². The molecule has 3 aromatic rings. The predicted octanol–water partition coefficient (Wildman–Crippen LogP) is 4.71. The molecule has 8 heteroatoms. The summed E-state index contributed by atoms with van der Waals surface area (Å²) in [7, 11) is 0. The van der Waals surface area contributed by atoms with Crippen LogP contribution in [0.25, 0.3) is 11.5 Å². The summed E-state index contributed by atoms with van der Waals surface area (Å²) in [4.78, 5) is 29.3. The number of amides is 1. The molecule has 1 amide bonds. The van der Waals surface area contributed by atoms with Crippen molar-refractivity contribution in [1.29, 1.82) is 0 Å². The van der Waals surface area contributed by atoms with Gasteiger partial charge >= 0.3 is 6.09 Å². The lowest BCUT2D eigenvalue weighted by Crippen LogP contribution is -2.36. The number of benzene rings is 2. The molecule has 0 radical (unpaired) electrons. The first-order valence-electron chi connectivity index (χ1n) is 11.0. The van der Waals surface area contributed by atoms with Crippen LogP contribution in [0.4, 0.5) is 4.79 Å². The fourth-order valence-corrected chi connectivity index (χ4v) is 3.13. The van der Waals surface area contributed by atoms with Crippen molar-refractivity contribution in [3.8, 4) is 17.2 Å². The first-order valence-corrected chi connectivity index (χ1v) is 11.0. The van der Waals surface area contributed by atoms with Crippen LogP contribution in [0.3, 0.4) is 0 Å². The first kappa shape index (κ1) is 24.0. The molecule has 0 N–H and O–H groups in total. The first-order chi connectivity index (χ1) is 16.0. The lowest BCUT2D eigenvalue weighted by Gasteiger charge is -2.27. The summed E-state index contributed by atoms with van der Waals surface area (Å²) in [6.45, 7) is 6.44. The molecule has 8 nitrogen and oxygen atoms in total. The molecular weight excluding hydrogens is 422 g/mol. The van der Waals surface area contributed by atoms with Gasteiger partial charge < -0.3 is 18.8 Å². The number of aromatic nitrogens is 2. The molecule has 0 saturated heterocycles. The van der Waals surface area contributed by atoms with Gasteiger partial charge in [-0.3, -0.25) is 4.90 Å². The molecule has 1 atom stereocenters. The second-order valence-corrected chi connectivity index (χ2v) is 8.02. The average molecular weight is 452 g/mol. The van der Waals surface area contributed by atoms with E-state index in [2.05, 4.69) is 10.1 Å². The smallest absolute Gasteiger partial charge is 0.410 e. The molecule has 3 rings (SSSR count). The summed E-state index contributed by atoms with van der Waals surface area (Å²) in [5.74, 6) is 1.96. The molecule has 1 aromatic heterocycles. The van der Waals surface area contributed by atoms with Crippen LogP contribution < -0.4 is 4.74 Å². The monoisotopic (exact) mass is 451 g/mol. The standard InChI is InChI=1S/C25H29N3O5/c1-18(2)17-32-25(30)28(14-15-29)19(3)20-9-11-22(12-10-20)31-16-13-23-26-24(33-27-23)21-7-5-4-6-8-21/h4-12,15,18-19H,13-14,16-17H2,1-3H3/t19-/m0/s1. The molecule has 174 valence electrons. The van der Waals surface area contributed by atoms with E-state index in [1.807, 2.05) is 75.4 Å². The van der Waals surface area contributed by atoms with Crippen LogP contribution in [0.15, 0.2) is 59.1 Å². The van der Waals surface area contributed by atoms with Crippen molar-refractivity contribution in [2.24, 2.45) is 5.92 Å². The second kappa shape index (κ2) is 11.8. The van der Waals surface area contributed by atoms with Crippen LogP contribution >= 0.6 is 0 Å². The number of rotatable bonds is 11. The van der Waals surface area contributed by atoms with E-state index in [1.54, 1.807) is 0 Å². The van der Waals surface area contributed by atoms with Gasteiger partial charge in [-0.25, -0.2) is 4.79 Å². The highest BCUT2D eigenvalue weighted by Crippen LogP contribution is 2.23. The van der Waals surface area contributed by atoms with Gasteiger partial charge in [-0.2, -0.15) is 4.98 Å². The van der Waals surface area contributed by atoms with Crippen LogP contribution in [0.2, 0.25) is 0 Å². The molecular formula is C25H29N3O5. The van der Waals surface area contributed by atoms with E-state index in [4.69, 9.17) is 14.0 Å². The van der Waals surface area contributed by atoms with Crippen molar-refractivity contribution in [3.05, 3.63) is 66.0 Å². The lowest BCUT2D eigenvalue weighted by molar-refractivity contribution is -0.109. The van der Waals surface area contributed by atoms with Crippen molar-refractivity contribution in [2.45, 2.75) is 33.2 Å². The predicted molar refractivity (Wildman–Crippen MR) is 123 cm³/mol. The van der Waals surface area contributed by atoms with Crippen molar-refractivity contribution >= 4 is 12.4 Å². The van der Waals surface area contributed by atoms with Crippen LogP contribution in [0, 0.1) is 5.92 Å². The average Bonchev–Trinajstić information content (AvgIpc) is 3.30. The number of nitrogens with zero attached hydrogens (tertiary/aromatic N) is 3. The molecule has 33 heavy (non-hydrogen) atoms. The Morgan fingerprint density at radius 2 is 1.82 bits per heavy atom. The van der Waals surface area contributed by atoms with E-state index in [1.165, 1.54) is 4.90 Å². The molecule has 0 aliphatic heterocycles. The van der Waals surface area contributed by atoms with Gasteiger partial charge in [0.15, 0.2) is 5.82 Å². The zero-order valence-corrected chi connectivity index (χ0v) is 19.1. The van der Waals surface area contributed by atoms with Gasteiger partial charge in [-0.15, -0.1) is 0 Å². The topological polar surface area (TPSA) is 94.8 Å². The highest BCUT2D eigenvalue weighted by molar-refractivity contribution is 5.72. The molecule has 1 heterocycles. The Hall–Kier alpha value is -3.68. The van der Waals surface area contributed by atoms with Gasteiger partial charge in [0.2, 0.25) is 0 Å². The SMILES string of the molecule is CC(C)COC(=O)N(CC=O)[C@@H](C)c1ccc(OCCc2noc(-c3ccccc3)n2)cc1. The van der Waals surface area contributed by atoms with Gasteiger partial charge in [-0.1, -0.05) is 49.3 Å². The Bertz CT molecular complexity index is 1020. The van der Waals surface area contributed by atoms with Gasteiger partial charge in [0.1, 0.15) is 12.0 Å². The number of hydrogen-bond acceptors (Lipinski definition) is 7. The largest absolute Gasteiger partial charge is 0.493 e. The van der Waals surface area contributed by atoms with Crippen LogP contribution in [0.1, 0.15) is 38.2 Å². The van der Waals surface area contributed by atoms with Crippen LogP contribution in [0.5, 0.6) is 5.75 Å². The summed E-state index contributed by atoms with van der Waals surface area (Å²) in [5.41, 5.74) is 1.75. The molecule has 0 bridgehead atoms. The third-order valence-corrected chi connectivity index (χ3v) is 4.96. The Morgan fingerprint density at radius 1 is 1.09 bits per heavy atom. The van der Waals surface area contributed by atoms with E-state index in [0.29, 0.717) is 43.4 Å². The summed E-state index contributed by atoms with van der Waals surface area (Å²) >= 11 is 0. The van der Waals surface area contributed by atoms with Gasteiger partial charge in [0.25, 0.3) is 5.89 Å². The molecule has 0 spiro atoms. The van der Waals surface area contributed by atoms with Crippen molar-refractivity contribution in [1.82, 2.24) is 15.0 Å². The minimum absolute atomic E-state index is 0.0357. The lowest BCUT2D eigenvalue weighted by atomic mass is 10.1.